The Bertz CT molecular complexity index is 4100. The van der Waals surface area contributed by atoms with Crippen molar-refractivity contribution in [3.63, 3.8) is 0 Å². The lowest BCUT2D eigenvalue weighted by Gasteiger charge is -2.43. The summed E-state index contributed by atoms with van der Waals surface area (Å²) in [5.41, 5.74) is 13.9. The molecule has 15 rings (SSSR count). The molecule has 0 amide bonds. The van der Waals surface area contributed by atoms with E-state index in [-0.39, 0.29) is 6.71 Å². The summed E-state index contributed by atoms with van der Waals surface area (Å²) in [6, 6.07) is 75.0. The molecule has 0 saturated carbocycles. The molecule has 13 aromatic rings. The van der Waals surface area contributed by atoms with Gasteiger partial charge < -0.3 is 9.80 Å². The van der Waals surface area contributed by atoms with E-state index in [4.69, 9.17) is 0 Å². The molecule has 2 aliphatic heterocycles. The van der Waals surface area contributed by atoms with Gasteiger partial charge in [0, 0.05) is 82.4 Å². The summed E-state index contributed by atoms with van der Waals surface area (Å²) in [5, 5.41) is 9.13. The van der Waals surface area contributed by atoms with E-state index in [2.05, 4.69) is 210 Å². The van der Waals surface area contributed by atoms with E-state index in [1.54, 1.807) is 0 Å². The molecule has 0 N–H and O–H groups in total. The molecule has 302 valence electrons. The van der Waals surface area contributed by atoms with Gasteiger partial charge in [-0.1, -0.05) is 152 Å². The Morgan fingerprint density at radius 2 is 0.769 bits per heavy atom. The van der Waals surface area contributed by atoms with Gasteiger partial charge in [-0.15, -0.1) is 45.3 Å². The molecule has 9 aromatic carbocycles. The van der Waals surface area contributed by atoms with Gasteiger partial charge in [-0.25, -0.2) is 0 Å². The Hall–Kier alpha value is -7.00. The van der Waals surface area contributed by atoms with Crippen LogP contribution in [-0.2, 0) is 0 Å². The van der Waals surface area contributed by atoms with Gasteiger partial charge in [-0.2, -0.15) is 0 Å². The maximum Gasteiger partial charge on any atom is 0.266 e. The number of hydrogen-bond acceptors (Lipinski definition) is 6. The van der Waals surface area contributed by atoms with Gasteiger partial charge in [0.25, 0.3) is 6.71 Å². The van der Waals surface area contributed by atoms with E-state index in [0.717, 1.165) is 0 Å². The summed E-state index contributed by atoms with van der Waals surface area (Å²) in [7, 11) is 0. The van der Waals surface area contributed by atoms with Crippen molar-refractivity contribution in [3.05, 3.63) is 200 Å². The van der Waals surface area contributed by atoms with Crippen molar-refractivity contribution in [2.45, 2.75) is 0 Å². The molecule has 65 heavy (non-hydrogen) atoms. The monoisotopic (exact) mass is 896 g/mol. The standard InChI is InChI=1S/C58H33BN2S4/c1-3-16-34(17-4-1)36-30-32-48-50(38-20-7-11-26-44(38)62-48)54(36)60-42-24-15-25-43-53(42)59(57-56(60)41-23-10-14-29-47(41)64-57)52-40-22-9-13-28-46(40)65-58(52)61(43)55-37(35-18-5-2-6-19-35)31-33-49-51(55)39-21-8-12-27-45(39)63-49/h1-33H. The van der Waals surface area contributed by atoms with Crippen LogP contribution in [0.3, 0.4) is 0 Å². The molecule has 2 nitrogen and oxygen atoms in total. The summed E-state index contributed by atoms with van der Waals surface area (Å²) in [5.74, 6) is 0. The van der Waals surface area contributed by atoms with E-state index < -0.39 is 0 Å². The zero-order valence-electron chi connectivity index (χ0n) is 34.7. The Morgan fingerprint density at radius 3 is 1.35 bits per heavy atom. The van der Waals surface area contributed by atoms with Crippen LogP contribution in [0, 0.1) is 0 Å². The molecule has 2 aliphatic rings. The quantitative estimate of drug-likeness (QED) is 0.162. The molecule has 4 aromatic heterocycles. The van der Waals surface area contributed by atoms with Gasteiger partial charge in [0.2, 0.25) is 0 Å². The van der Waals surface area contributed by atoms with Crippen molar-refractivity contribution in [3.8, 4) is 22.3 Å². The molecular formula is C58H33BN2S4. The van der Waals surface area contributed by atoms with E-state index in [9.17, 15) is 0 Å². The molecule has 0 radical (unpaired) electrons. The number of anilines is 6. The molecule has 0 spiro atoms. The molecule has 0 aliphatic carbocycles. The average Bonchev–Trinajstić information content (AvgIpc) is 4.15. The highest BCUT2D eigenvalue weighted by Crippen LogP contribution is 2.57. The molecule has 7 heteroatoms. The molecule has 0 saturated heterocycles. The lowest BCUT2D eigenvalue weighted by Crippen LogP contribution is -2.60. The second kappa shape index (κ2) is 13.8. The summed E-state index contributed by atoms with van der Waals surface area (Å²) < 4.78 is 9.23. The minimum absolute atomic E-state index is 0.0180. The normalized spacial score (nSPS) is 13.1. The van der Waals surface area contributed by atoms with Crippen molar-refractivity contribution >= 4 is 162 Å². The molecular weight excluding hydrogens is 864 g/mol. The molecule has 6 heterocycles. The topological polar surface area (TPSA) is 6.48 Å². The van der Waals surface area contributed by atoms with E-state index in [0.29, 0.717) is 0 Å². The predicted molar refractivity (Wildman–Crippen MR) is 288 cm³/mol. The lowest BCUT2D eigenvalue weighted by atomic mass is 9.36. The third-order valence-electron chi connectivity index (χ3n) is 13.7. The van der Waals surface area contributed by atoms with Gasteiger partial charge in [0.15, 0.2) is 0 Å². The van der Waals surface area contributed by atoms with Gasteiger partial charge >= 0.3 is 0 Å². The largest absolute Gasteiger partial charge is 0.309 e. The van der Waals surface area contributed by atoms with Gasteiger partial charge in [-0.05, 0) is 76.0 Å². The number of thiophene rings is 4. The third kappa shape index (κ3) is 5.04. The number of nitrogens with zero attached hydrogens (tertiary/aromatic N) is 2. The maximum absolute atomic E-state index is 2.70. The first-order valence-corrected chi connectivity index (χ1v) is 25.3. The van der Waals surface area contributed by atoms with Crippen LogP contribution >= 0.6 is 45.3 Å². The number of rotatable bonds is 4. The highest BCUT2D eigenvalue weighted by Gasteiger charge is 2.48. The van der Waals surface area contributed by atoms with E-state index in [1.807, 2.05) is 45.3 Å². The smallest absolute Gasteiger partial charge is 0.266 e. The highest BCUT2D eigenvalue weighted by molar-refractivity contribution is 7.35. The predicted octanol–water partition coefficient (Wildman–Crippen LogP) is 16.3. The summed E-state index contributed by atoms with van der Waals surface area (Å²) in [6.07, 6.45) is 0. The van der Waals surface area contributed by atoms with E-state index >= 15 is 0 Å². The number of hydrogen-bond donors (Lipinski definition) is 0. The summed E-state index contributed by atoms with van der Waals surface area (Å²) >= 11 is 7.71. The van der Waals surface area contributed by atoms with Crippen molar-refractivity contribution in [2.75, 3.05) is 9.80 Å². The Balaban J connectivity index is 1.13. The fourth-order valence-corrected chi connectivity index (χ4v) is 15.8. The summed E-state index contributed by atoms with van der Waals surface area (Å²) in [4.78, 5) is 5.39. The molecule has 0 unspecified atom stereocenters. The number of benzene rings is 9. The van der Waals surface area contributed by atoms with Crippen molar-refractivity contribution < 1.29 is 0 Å². The molecule has 0 bridgehead atoms. The highest BCUT2D eigenvalue weighted by atomic mass is 32.1. The van der Waals surface area contributed by atoms with Gasteiger partial charge in [0.05, 0.1) is 22.1 Å². The summed E-state index contributed by atoms with van der Waals surface area (Å²) in [6.45, 7) is 0.0180. The second-order valence-corrected chi connectivity index (χ2v) is 21.3. The van der Waals surface area contributed by atoms with Crippen molar-refractivity contribution in [1.82, 2.24) is 0 Å². The second-order valence-electron chi connectivity index (χ2n) is 17.0. The SMILES string of the molecule is c1ccc(-c2ccc3sc4ccccc4c3c2N2c3cccc4c3B(c3sc5ccccc5c3N4c3c(-c4ccccc4)ccc4sc5ccccc5c34)c3c2sc2ccccc32)cc1. The Morgan fingerprint density at radius 1 is 0.308 bits per heavy atom. The fraction of sp³-hybridized carbons (Fsp3) is 0. The van der Waals surface area contributed by atoms with Crippen LogP contribution in [0.15, 0.2) is 200 Å². The van der Waals surface area contributed by atoms with Crippen LogP contribution in [0.4, 0.5) is 33.4 Å². The third-order valence-corrected chi connectivity index (χ3v) is 18.3. The van der Waals surface area contributed by atoms with Crippen LogP contribution in [0.25, 0.3) is 82.8 Å². The Labute approximate surface area is 391 Å². The fourth-order valence-electron chi connectivity index (χ4n) is 11.1. The van der Waals surface area contributed by atoms with Crippen LogP contribution in [0.2, 0.25) is 0 Å². The van der Waals surface area contributed by atoms with Crippen LogP contribution in [0.1, 0.15) is 0 Å². The van der Waals surface area contributed by atoms with Gasteiger partial charge in [-0.3, -0.25) is 0 Å². The maximum atomic E-state index is 2.70. The first-order chi connectivity index (χ1) is 32.3. The van der Waals surface area contributed by atoms with Crippen LogP contribution < -0.4 is 25.5 Å². The number of fused-ring (bicyclic) bond motifs is 14. The van der Waals surface area contributed by atoms with E-state index in [1.165, 1.54) is 132 Å². The average molecular weight is 897 g/mol. The first-order valence-electron chi connectivity index (χ1n) is 22.0. The Kier molecular flexibility index (Phi) is 7.69. The van der Waals surface area contributed by atoms with Crippen LogP contribution in [-0.4, -0.2) is 6.71 Å². The first kappa shape index (κ1) is 36.4. The zero-order valence-corrected chi connectivity index (χ0v) is 37.9. The molecule has 0 atom stereocenters. The molecule has 0 fully saturated rings. The van der Waals surface area contributed by atoms with Crippen molar-refractivity contribution in [2.24, 2.45) is 0 Å². The zero-order chi connectivity index (χ0) is 42.3. The minimum Gasteiger partial charge on any atom is -0.309 e. The van der Waals surface area contributed by atoms with Crippen molar-refractivity contribution in [1.29, 1.82) is 0 Å². The van der Waals surface area contributed by atoms with Crippen LogP contribution in [0.5, 0.6) is 0 Å². The minimum atomic E-state index is 0.0180. The lowest BCUT2D eigenvalue weighted by molar-refractivity contribution is 1.30. The van der Waals surface area contributed by atoms with Gasteiger partial charge in [0.1, 0.15) is 0 Å².